The summed E-state index contributed by atoms with van der Waals surface area (Å²) in [6, 6.07) is 7.27. The molecule has 1 saturated heterocycles. The molecule has 2 aromatic rings. The maximum atomic E-state index is 4.80. The molecule has 19 heavy (non-hydrogen) atoms. The normalized spacial score (nSPS) is 20.3. The van der Waals surface area contributed by atoms with E-state index in [4.69, 9.17) is 4.98 Å². The zero-order valence-electron chi connectivity index (χ0n) is 12.1. The Kier molecular flexibility index (Phi) is 3.31. The highest BCUT2D eigenvalue weighted by Crippen LogP contribution is 2.27. The molecule has 0 radical (unpaired) electrons. The first-order chi connectivity index (χ1) is 9.16. The van der Waals surface area contributed by atoms with E-state index in [1.165, 1.54) is 36.2 Å². The van der Waals surface area contributed by atoms with Crippen LogP contribution >= 0.6 is 0 Å². The standard InChI is InChI=1S/C16H23N3/c1-11(2)16-18-14-10-12(7-8-15(14)19(16)3)13-6-4-5-9-17-13/h7-8,10-11,13,17H,4-6,9H2,1-3H3. The maximum Gasteiger partial charge on any atom is 0.112 e. The second kappa shape index (κ2) is 4.97. The average molecular weight is 257 g/mol. The van der Waals surface area contributed by atoms with Crippen molar-refractivity contribution in [3.05, 3.63) is 29.6 Å². The van der Waals surface area contributed by atoms with E-state index in [0.717, 1.165) is 12.1 Å². The highest BCUT2D eigenvalue weighted by Gasteiger charge is 2.17. The van der Waals surface area contributed by atoms with E-state index in [0.29, 0.717) is 12.0 Å². The van der Waals surface area contributed by atoms with E-state index in [2.05, 4.69) is 49.0 Å². The Morgan fingerprint density at radius 3 is 2.84 bits per heavy atom. The van der Waals surface area contributed by atoms with Crippen LogP contribution in [0.4, 0.5) is 0 Å². The maximum absolute atomic E-state index is 4.80. The Labute approximate surface area is 115 Å². The number of hydrogen-bond acceptors (Lipinski definition) is 2. The van der Waals surface area contributed by atoms with Crippen LogP contribution in [0.1, 0.15) is 56.5 Å². The van der Waals surface area contributed by atoms with E-state index >= 15 is 0 Å². The number of aromatic nitrogens is 2. The molecule has 1 atom stereocenters. The van der Waals surface area contributed by atoms with Gasteiger partial charge in [0.2, 0.25) is 0 Å². The molecule has 1 N–H and O–H groups in total. The Hall–Kier alpha value is -1.35. The lowest BCUT2D eigenvalue weighted by Crippen LogP contribution is -2.26. The Morgan fingerprint density at radius 1 is 1.32 bits per heavy atom. The quantitative estimate of drug-likeness (QED) is 0.892. The fourth-order valence-electron chi connectivity index (χ4n) is 3.10. The summed E-state index contributed by atoms with van der Waals surface area (Å²) < 4.78 is 2.22. The van der Waals surface area contributed by atoms with Crippen LogP contribution in [0, 0.1) is 0 Å². The summed E-state index contributed by atoms with van der Waals surface area (Å²) in [5.41, 5.74) is 3.76. The lowest BCUT2D eigenvalue weighted by atomic mass is 9.97. The molecule has 0 amide bonds. The van der Waals surface area contributed by atoms with E-state index in [-0.39, 0.29) is 0 Å². The van der Waals surface area contributed by atoms with Gasteiger partial charge in [-0.3, -0.25) is 0 Å². The molecule has 1 unspecified atom stereocenters. The second-order valence-corrected chi connectivity index (χ2v) is 5.93. The molecule has 1 aromatic carbocycles. The molecule has 1 aliphatic heterocycles. The van der Waals surface area contributed by atoms with Gasteiger partial charge in [0, 0.05) is 19.0 Å². The van der Waals surface area contributed by atoms with Gasteiger partial charge < -0.3 is 9.88 Å². The Balaban J connectivity index is 2.00. The number of hydrogen-bond donors (Lipinski definition) is 1. The van der Waals surface area contributed by atoms with Crippen LogP contribution in [-0.2, 0) is 7.05 Å². The zero-order valence-corrected chi connectivity index (χ0v) is 12.1. The average Bonchev–Trinajstić information content (AvgIpc) is 2.77. The first kappa shape index (κ1) is 12.7. The van der Waals surface area contributed by atoms with Crippen molar-refractivity contribution < 1.29 is 0 Å². The number of piperidine rings is 1. The highest BCUT2D eigenvalue weighted by molar-refractivity contribution is 5.77. The molecule has 0 bridgehead atoms. The van der Waals surface area contributed by atoms with Gasteiger partial charge >= 0.3 is 0 Å². The van der Waals surface area contributed by atoms with Gasteiger partial charge in [-0.1, -0.05) is 26.3 Å². The third kappa shape index (κ3) is 2.27. The summed E-state index contributed by atoms with van der Waals surface area (Å²) >= 11 is 0. The van der Waals surface area contributed by atoms with Gasteiger partial charge in [0.1, 0.15) is 5.82 Å². The van der Waals surface area contributed by atoms with Crippen molar-refractivity contribution in [3.8, 4) is 0 Å². The lowest BCUT2D eigenvalue weighted by molar-refractivity contribution is 0.412. The summed E-state index contributed by atoms with van der Waals surface area (Å²) in [4.78, 5) is 4.80. The number of nitrogens with zero attached hydrogens (tertiary/aromatic N) is 2. The number of nitrogens with one attached hydrogen (secondary N) is 1. The van der Waals surface area contributed by atoms with Crippen LogP contribution in [0.5, 0.6) is 0 Å². The topological polar surface area (TPSA) is 29.9 Å². The van der Waals surface area contributed by atoms with Crippen molar-refractivity contribution in [2.45, 2.75) is 45.1 Å². The summed E-state index contributed by atoms with van der Waals surface area (Å²) in [5.74, 6) is 1.64. The molecule has 3 heteroatoms. The molecule has 2 heterocycles. The molecule has 1 aromatic heterocycles. The first-order valence-corrected chi connectivity index (χ1v) is 7.36. The van der Waals surface area contributed by atoms with Crippen molar-refractivity contribution in [1.29, 1.82) is 0 Å². The highest BCUT2D eigenvalue weighted by atomic mass is 15.1. The molecule has 0 spiro atoms. The number of benzene rings is 1. The van der Waals surface area contributed by atoms with Gasteiger partial charge in [0.15, 0.2) is 0 Å². The van der Waals surface area contributed by atoms with Gasteiger partial charge in [0.25, 0.3) is 0 Å². The molecule has 1 fully saturated rings. The van der Waals surface area contributed by atoms with E-state index in [1.54, 1.807) is 0 Å². The smallest absolute Gasteiger partial charge is 0.112 e. The Morgan fingerprint density at radius 2 is 2.16 bits per heavy atom. The van der Waals surface area contributed by atoms with Gasteiger partial charge in [-0.15, -0.1) is 0 Å². The molecule has 0 saturated carbocycles. The summed E-state index contributed by atoms with van der Waals surface area (Å²) in [6.45, 7) is 5.54. The zero-order chi connectivity index (χ0) is 13.4. The molecule has 102 valence electrons. The number of fused-ring (bicyclic) bond motifs is 1. The summed E-state index contributed by atoms with van der Waals surface area (Å²) in [7, 11) is 2.11. The summed E-state index contributed by atoms with van der Waals surface area (Å²) in [5, 5.41) is 3.61. The molecule has 0 aliphatic carbocycles. The fraction of sp³-hybridized carbons (Fsp3) is 0.562. The molecule has 3 nitrogen and oxygen atoms in total. The monoisotopic (exact) mass is 257 g/mol. The van der Waals surface area contributed by atoms with Gasteiger partial charge in [0.05, 0.1) is 11.0 Å². The number of aryl methyl sites for hydroxylation is 1. The molecular weight excluding hydrogens is 234 g/mol. The van der Waals surface area contributed by atoms with E-state index < -0.39 is 0 Å². The van der Waals surface area contributed by atoms with Crippen LogP contribution in [0.2, 0.25) is 0 Å². The lowest BCUT2D eigenvalue weighted by Gasteiger charge is -2.23. The van der Waals surface area contributed by atoms with E-state index in [1.807, 2.05) is 0 Å². The van der Waals surface area contributed by atoms with Gasteiger partial charge in [-0.05, 0) is 37.1 Å². The molecule has 3 rings (SSSR count). The Bertz CT molecular complexity index is 577. The van der Waals surface area contributed by atoms with Crippen molar-refractivity contribution in [3.63, 3.8) is 0 Å². The van der Waals surface area contributed by atoms with Crippen LogP contribution in [0.3, 0.4) is 0 Å². The first-order valence-electron chi connectivity index (χ1n) is 7.36. The van der Waals surface area contributed by atoms with Crippen LogP contribution < -0.4 is 5.32 Å². The minimum atomic E-state index is 0.466. The van der Waals surface area contributed by atoms with Gasteiger partial charge in [-0.2, -0.15) is 0 Å². The second-order valence-electron chi connectivity index (χ2n) is 5.93. The van der Waals surface area contributed by atoms with Crippen molar-refractivity contribution in [1.82, 2.24) is 14.9 Å². The van der Waals surface area contributed by atoms with Crippen LogP contribution in [0.25, 0.3) is 11.0 Å². The molecular formula is C16H23N3. The minimum absolute atomic E-state index is 0.466. The third-order valence-corrected chi connectivity index (χ3v) is 4.17. The van der Waals surface area contributed by atoms with Crippen molar-refractivity contribution >= 4 is 11.0 Å². The number of rotatable bonds is 2. The fourth-order valence-corrected chi connectivity index (χ4v) is 3.10. The molecule has 1 aliphatic rings. The predicted molar refractivity (Wildman–Crippen MR) is 79.4 cm³/mol. The van der Waals surface area contributed by atoms with E-state index in [9.17, 15) is 0 Å². The third-order valence-electron chi connectivity index (χ3n) is 4.17. The largest absolute Gasteiger partial charge is 0.331 e. The minimum Gasteiger partial charge on any atom is -0.331 e. The van der Waals surface area contributed by atoms with Crippen molar-refractivity contribution in [2.24, 2.45) is 7.05 Å². The van der Waals surface area contributed by atoms with Crippen molar-refractivity contribution in [2.75, 3.05) is 6.54 Å². The SMILES string of the molecule is CC(C)c1nc2cc(C3CCCCN3)ccc2n1C. The van der Waals surface area contributed by atoms with Crippen LogP contribution in [0.15, 0.2) is 18.2 Å². The van der Waals surface area contributed by atoms with Crippen LogP contribution in [-0.4, -0.2) is 16.1 Å². The summed E-state index contributed by atoms with van der Waals surface area (Å²) in [6.07, 6.45) is 3.88. The number of imidazole rings is 1. The van der Waals surface area contributed by atoms with Gasteiger partial charge in [-0.25, -0.2) is 4.98 Å². The predicted octanol–water partition coefficient (Wildman–Crippen LogP) is 3.51.